The molecule has 0 heterocycles. The Balaban J connectivity index is 2.69. The lowest BCUT2D eigenvalue weighted by Crippen LogP contribution is -2.19. The Morgan fingerprint density at radius 3 is 2.81 bits per heavy atom. The summed E-state index contributed by atoms with van der Waals surface area (Å²) in [6.45, 7) is 2.17. The Kier molecular flexibility index (Phi) is 5.79. The number of alkyl halides is 1. The van der Waals surface area contributed by atoms with E-state index in [9.17, 15) is 4.79 Å². The lowest BCUT2D eigenvalue weighted by atomic mass is 10.1. The number of ether oxygens (including phenoxy) is 1. The van der Waals surface area contributed by atoms with Crippen LogP contribution in [0.25, 0.3) is 0 Å². The molecule has 1 unspecified atom stereocenters. The molecule has 0 aromatic heterocycles. The molecule has 0 aliphatic carbocycles. The molecule has 0 aliphatic heterocycles. The van der Waals surface area contributed by atoms with Gasteiger partial charge in [-0.1, -0.05) is 49.5 Å². The molecular formula is C11H11Br2ClO2. The van der Waals surface area contributed by atoms with E-state index < -0.39 is 0 Å². The van der Waals surface area contributed by atoms with Crippen molar-refractivity contribution in [2.75, 3.05) is 6.61 Å². The van der Waals surface area contributed by atoms with E-state index >= 15 is 0 Å². The predicted molar refractivity (Wildman–Crippen MR) is 72.2 cm³/mol. The molecule has 1 rings (SSSR count). The fraction of sp³-hybridized carbons (Fsp3) is 0.364. The summed E-state index contributed by atoms with van der Waals surface area (Å²) < 4.78 is 5.82. The van der Waals surface area contributed by atoms with Crippen LogP contribution in [-0.2, 0) is 16.0 Å². The molecule has 1 atom stereocenters. The van der Waals surface area contributed by atoms with E-state index in [-0.39, 0.29) is 10.8 Å². The zero-order chi connectivity index (χ0) is 12.1. The standard InChI is InChI=1S/C11H11Br2ClO2/c1-2-16-11(15)9(13)5-7-3-4-8(12)6-10(7)14/h3-4,6,9H,2,5H2,1H3. The first kappa shape index (κ1) is 14.0. The number of carbonyl (C=O) groups is 1. The minimum atomic E-state index is -0.355. The Morgan fingerprint density at radius 1 is 1.56 bits per heavy atom. The topological polar surface area (TPSA) is 26.3 Å². The molecule has 0 fully saturated rings. The van der Waals surface area contributed by atoms with Gasteiger partial charge in [0, 0.05) is 9.50 Å². The third kappa shape index (κ3) is 4.07. The molecule has 1 aromatic rings. The van der Waals surface area contributed by atoms with Crippen molar-refractivity contribution >= 4 is 49.4 Å². The minimum absolute atomic E-state index is 0.263. The maximum Gasteiger partial charge on any atom is 0.320 e. The molecular weight excluding hydrogens is 359 g/mol. The van der Waals surface area contributed by atoms with E-state index in [4.69, 9.17) is 16.3 Å². The predicted octanol–water partition coefficient (Wildman–Crippen LogP) is 3.97. The van der Waals surface area contributed by atoms with Gasteiger partial charge in [0.2, 0.25) is 0 Å². The monoisotopic (exact) mass is 368 g/mol. The highest BCUT2D eigenvalue weighted by Gasteiger charge is 2.17. The summed E-state index contributed by atoms with van der Waals surface area (Å²) in [5.41, 5.74) is 0.916. The summed E-state index contributed by atoms with van der Waals surface area (Å²) in [4.78, 5) is 11.0. The smallest absolute Gasteiger partial charge is 0.320 e. The molecule has 16 heavy (non-hydrogen) atoms. The molecule has 0 amide bonds. The molecule has 0 N–H and O–H groups in total. The normalized spacial score (nSPS) is 12.2. The van der Waals surface area contributed by atoms with Crippen LogP contribution in [0.2, 0.25) is 5.02 Å². The Bertz CT molecular complexity index is 382. The van der Waals surface area contributed by atoms with Crippen LogP contribution in [0.5, 0.6) is 0 Å². The van der Waals surface area contributed by atoms with Crippen LogP contribution >= 0.6 is 43.5 Å². The fourth-order valence-corrected chi connectivity index (χ4v) is 2.43. The van der Waals surface area contributed by atoms with Crippen LogP contribution in [0.15, 0.2) is 22.7 Å². The van der Waals surface area contributed by atoms with Gasteiger partial charge in [-0.05, 0) is 31.0 Å². The van der Waals surface area contributed by atoms with Crippen LogP contribution in [0.4, 0.5) is 0 Å². The van der Waals surface area contributed by atoms with Gasteiger partial charge in [0.15, 0.2) is 0 Å². The SMILES string of the molecule is CCOC(=O)C(Br)Cc1ccc(Br)cc1Cl. The van der Waals surface area contributed by atoms with E-state index in [1.54, 1.807) is 6.92 Å². The lowest BCUT2D eigenvalue weighted by Gasteiger charge is -2.10. The van der Waals surface area contributed by atoms with E-state index in [1.807, 2.05) is 18.2 Å². The number of esters is 1. The van der Waals surface area contributed by atoms with E-state index in [1.165, 1.54) is 0 Å². The van der Waals surface area contributed by atoms with Gasteiger partial charge in [-0.3, -0.25) is 4.79 Å². The van der Waals surface area contributed by atoms with Gasteiger partial charge in [0.1, 0.15) is 4.83 Å². The van der Waals surface area contributed by atoms with Crippen molar-refractivity contribution in [1.29, 1.82) is 0 Å². The second kappa shape index (κ2) is 6.62. The first-order valence-corrected chi connectivity index (χ1v) is 6.88. The van der Waals surface area contributed by atoms with Crippen LogP contribution in [-0.4, -0.2) is 17.4 Å². The highest BCUT2D eigenvalue weighted by Crippen LogP contribution is 2.24. The second-order valence-electron chi connectivity index (χ2n) is 3.16. The third-order valence-corrected chi connectivity index (χ3v) is 3.50. The Labute approximate surface area is 117 Å². The van der Waals surface area contributed by atoms with Crippen molar-refractivity contribution in [2.24, 2.45) is 0 Å². The fourth-order valence-electron chi connectivity index (χ4n) is 1.20. The molecule has 5 heteroatoms. The highest BCUT2D eigenvalue weighted by molar-refractivity contribution is 9.10. The van der Waals surface area contributed by atoms with Gasteiger partial charge in [0.25, 0.3) is 0 Å². The van der Waals surface area contributed by atoms with Gasteiger partial charge in [-0.15, -0.1) is 0 Å². The van der Waals surface area contributed by atoms with Crippen molar-refractivity contribution in [3.8, 4) is 0 Å². The van der Waals surface area contributed by atoms with Gasteiger partial charge >= 0.3 is 5.97 Å². The molecule has 0 aliphatic rings. The molecule has 0 bridgehead atoms. The van der Waals surface area contributed by atoms with E-state index in [2.05, 4.69) is 31.9 Å². The Hall–Kier alpha value is -0.0600. The molecule has 88 valence electrons. The average Bonchev–Trinajstić information content (AvgIpc) is 2.22. The van der Waals surface area contributed by atoms with Gasteiger partial charge in [-0.25, -0.2) is 0 Å². The summed E-state index contributed by atoms with van der Waals surface area (Å²) in [5, 5.41) is 0.642. The summed E-state index contributed by atoms with van der Waals surface area (Å²) >= 11 is 12.7. The van der Waals surface area contributed by atoms with Gasteiger partial charge < -0.3 is 4.74 Å². The Morgan fingerprint density at radius 2 is 2.25 bits per heavy atom. The average molecular weight is 370 g/mol. The molecule has 0 saturated carbocycles. The van der Waals surface area contributed by atoms with Crippen molar-refractivity contribution in [3.05, 3.63) is 33.3 Å². The van der Waals surface area contributed by atoms with Gasteiger partial charge in [0.05, 0.1) is 6.61 Å². The summed E-state index contributed by atoms with van der Waals surface area (Å²) in [5.74, 6) is -0.263. The minimum Gasteiger partial charge on any atom is -0.465 e. The van der Waals surface area contributed by atoms with Crippen LogP contribution in [0, 0.1) is 0 Å². The summed E-state index contributed by atoms with van der Waals surface area (Å²) in [7, 11) is 0. The second-order valence-corrected chi connectivity index (χ2v) is 5.59. The molecule has 0 saturated heterocycles. The van der Waals surface area contributed by atoms with Crippen molar-refractivity contribution in [1.82, 2.24) is 0 Å². The summed E-state index contributed by atoms with van der Waals surface area (Å²) in [6.07, 6.45) is 0.519. The maximum absolute atomic E-state index is 11.4. The molecule has 0 radical (unpaired) electrons. The number of hydrogen-bond donors (Lipinski definition) is 0. The highest BCUT2D eigenvalue weighted by atomic mass is 79.9. The number of hydrogen-bond acceptors (Lipinski definition) is 2. The molecule has 0 spiro atoms. The zero-order valence-electron chi connectivity index (χ0n) is 8.67. The maximum atomic E-state index is 11.4. The zero-order valence-corrected chi connectivity index (χ0v) is 12.6. The number of rotatable bonds is 4. The van der Waals surface area contributed by atoms with E-state index in [0.717, 1.165) is 10.0 Å². The third-order valence-electron chi connectivity index (χ3n) is 1.96. The van der Waals surface area contributed by atoms with Gasteiger partial charge in [-0.2, -0.15) is 0 Å². The number of halogens is 3. The van der Waals surface area contributed by atoms with E-state index in [0.29, 0.717) is 18.1 Å². The van der Waals surface area contributed by atoms with Crippen molar-refractivity contribution in [2.45, 2.75) is 18.2 Å². The summed E-state index contributed by atoms with van der Waals surface area (Å²) in [6, 6.07) is 5.59. The number of carbonyl (C=O) groups excluding carboxylic acids is 1. The van der Waals surface area contributed by atoms with Crippen molar-refractivity contribution < 1.29 is 9.53 Å². The van der Waals surface area contributed by atoms with Crippen LogP contribution in [0.3, 0.4) is 0 Å². The first-order valence-electron chi connectivity index (χ1n) is 4.79. The molecule has 2 nitrogen and oxygen atoms in total. The largest absolute Gasteiger partial charge is 0.465 e. The van der Waals surface area contributed by atoms with Crippen molar-refractivity contribution in [3.63, 3.8) is 0 Å². The lowest BCUT2D eigenvalue weighted by molar-refractivity contribution is -0.142. The van der Waals surface area contributed by atoms with Crippen LogP contribution in [0.1, 0.15) is 12.5 Å². The van der Waals surface area contributed by atoms with Crippen LogP contribution < -0.4 is 0 Å². The quantitative estimate of drug-likeness (QED) is 0.592. The molecule has 1 aromatic carbocycles. The number of benzene rings is 1. The first-order chi connectivity index (χ1) is 7.54.